The molecule has 12 aliphatic rings. The highest BCUT2D eigenvalue weighted by molar-refractivity contribution is 7.05. The lowest BCUT2D eigenvalue weighted by Crippen LogP contribution is -2.88. The summed E-state index contributed by atoms with van der Waals surface area (Å²) in [5.74, 6) is 4.89. The van der Waals surface area contributed by atoms with E-state index in [1.807, 2.05) is 0 Å². The molecule has 0 N–H and O–H groups in total. The van der Waals surface area contributed by atoms with Gasteiger partial charge in [-0.2, -0.15) is 0 Å². The number of hydrogen-bond donors (Lipinski definition) is 0. The predicted octanol–water partition coefficient (Wildman–Crippen LogP) is 17.6. The van der Waals surface area contributed by atoms with Crippen LogP contribution in [-0.2, 0) is 98.8 Å². The lowest BCUT2D eigenvalue weighted by molar-refractivity contribution is -0.0357. The molecule has 12 aliphatic heterocycles. The molecule has 0 aromatic carbocycles. The van der Waals surface area contributed by atoms with Gasteiger partial charge in [0.2, 0.25) is 0 Å². The molecule has 608 valence electrons. The summed E-state index contributed by atoms with van der Waals surface area (Å²) < 4.78 is 178. The third kappa shape index (κ3) is 23.9. The van der Waals surface area contributed by atoms with E-state index >= 15 is 0 Å². The highest BCUT2D eigenvalue weighted by Crippen LogP contribution is 2.58. The van der Waals surface area contributed by atoms with Crippen molar-refractivity contribution in [1.29, 1.82) is 0 Å². The average molecular weight is 2070 g/mol. The zero-order valence-electron chi connectivity index (χ0n) is 57.8. The Morgan fingerprint density at radius 3 is 0.183 bits per heavy atom. The second-order valence-corrected chi connectivity index (χ2v) is 81.6. The quantitative estimate of drug-likeness (QED) is 0.0408. The lowest BCUT2D eigenvalue weighted by atomic mass is 10.6. The molecular weight excluding hydrogens is 1980 g/mol. The van der Waals surface area contributed by atoms with Gasteiger partial charge in [0.15, 0.2) is 0 Å². The molecular formula is C48H96Cl16O24Si16. The SMILES string of the molecule is ClCCC[Si]12O[Si]3(CCCCl)O[Si]4(CCCCl)O[Si](CCCCl)(O1)O[Si]1(CCCCl)O[Si](CCCCl)(O2)O[Si](CCCCl)(O3)O[Si](CCCCl)(O4)O1.ClCCC[Si]12O[Si]3(CCCCl)O[Si]4(CCCCl)O[Si](CCCCl)(O1)O[Si]1(CCCCl)O[Si](CCCCl)(O2)O[Si](CCCCl)(O3)O[Si](CCCCl)(O4)O1. The smallest absolute Gasteiger partial charge is 0.373 e. The van der Waals surface area contributed by atoms with E-state index < -0.39 is 141 Å². The monoisotopic (exact) mass is 2060 g/mol. The maximum absolute atomic E-state index is 7.43. The fourth-order valence-corrected chi connectivity index (χ4v) is 120. The van der Waals surface area contributed by atoms with Crippen molar-refractivity contribution in [2.45, 2.75) is 199 Å². The van der Waals surface area contributed by atoms with Crippen molar-refractivity contribution in [2.24, 2.45) is 0 Å². The van der Waals surface area contributed by atoms with Crippen LogP contribution in [0.25, 0.3) is 0 Å². The summed E-state index contributed by atoms with van der Waals surface area (Å²) in [6, 6.07) is 4.50. The minimum atomic E-state index is -4.04. The first-order valence-electron chi connectivity index (χ1n) is 35.7. The van der Waals surface area contributed by atoms with Crippen molar-refractivity contribution < 1.29 is 98.8 Å². The fraction of sp³-hybridized carbons (Fsp3) is 1.00. The van der Waals surface area contributed by atoms with Gasteiger partial charge >= 0.3 is 141 Å². The molecule has 0 amide bonds. The Balaban J connectivity index is 0.000000241. The van der Waals surface area contributed by atoms with E-state index in [0.29, 0.717) is 197 Å². The molecule has 0 unspecified atom stereocenters. The van der Waals surface area contributed by atoms with E-state index in [0.717, 1.165) is 0 Å². The molecule has 0 spiro atoms. The molecule has 16 bridgehead atoms. The lowest BCUT2D eigenvalue weighted by Gasteiger charge is -2.63. The van der Waals surface area contributed by atoms with Gasteiger partial charge in [0, 0.05) is 191 Å². The highest BCUT2D eigenvalue weighted by Gasteiger charge is 2.85. The van der Waals surface area contributed by atoms with E-state index in [1.54, 1.807) is 0 Å². The van der Waals surface area contributed by atoms with Crippen LogP contribution in [0.15, 0.2) is 0 Å². The molecule has 0 saturated carbocycles. The molecule has 12 rings (SSSR count). The van der Waals surface area contributed by atoms with Gasteiger partial charge in [-0.25, -0.2) is 0 Å². The third-order valence-electron chi connectivity index (χ3n) is 17.3. The van der Waals surface area contributed by atoms with Crippen LogP contribution in [0.1, 0.15) is 103 Å². The van der Waals surface area contributed by atoms with Gasteiger partial charge in [-0.15, -0.1) is 186 Å². The number of alkyl halides is 16. The van der Waals surface area contributed by atoms with Gasteiger partial charge in [-0.05, 0) is 103 Å². The topological polar surface area (TPSA) is 222 Å². The summed E-state index contributed by atoms with van der Waals surface area (Å²) in [6.45, 7) is 0. The maximum atomic E-state index is 7.43. The highest BCUT2D eigenvalue weighted by atomic mass is 35.5. The molecule has 12 saturated heterocycles. The molecule has 24 nitrogen and oxygen atoms in total. The van der Waals surface area contributed by atoms with Gasteiger partial charge in [0.25, 0.3) is 0 Å². The Kier molecular flexibility index (Phi) is 39.1. The van der Waals surface area contributed by atoms with Gasteiger partial charge in [0.1, 0.15) is 0 Å². The van der Waals surface area contributed by atoms with Gasteiger partial charge < -0.3 is 98.8 Å². The van der Waals surface area contributed by atoms with Crippen molar-refractivity contribution in [2.75, 3.05) is 94.1 Å². The number of rotatable bonds is 48. The zero-order chi connectivity index (χ0) is 74.9. The fourth-order valence-electron chi connectivity index (χ4n) is 13.7. The predicted molar refractivity (Wildman–Crippen MR) is 440 cm³/mol. The summed E-state index contributed by atoms with van der Waals surface area (Å²) in [5, 5.41) is 0. The molecule has 12 fully saturated rings. The Hall–Kier alpha value is 7.15. The third-order valence-corrected chi connectivity index (χ3v) is 96.8. The van der Waals surface area contributed by atoms with Crippen LogP contribution in [-0.4, -0.2) is 235 Å². The first-order valence-corrected chi connectivity index (χ1v) is 75.2. The van der Waals surface area contributed by atoms with E-state index in [9.17, 15) is 0 Å². The van der Waals surface area contributed by atoms with Crippen LogP contribution in [0, 0.1) is 0 Å². The molecule has 56 heteroatoms. The van der Waals surface area contributed by atoms with Crippen LogP contribution >= 0.6 is 186 Å². The Labute approximate surface area is 710 Å². The van der Waals surface area contributed by atoms with Gasteiger partial charge in [0.05, 0.1) is 0 Å². The van der Waals surface area contributed by atoms with E-state index in [-0.39, 0.29) is 96.7 Å². The largest absolute Gasteiger partial charge is 0.478 e. The normalized spacial score (nSPS) is 41.1. The summed E-state index contributed by atoms with van der Waals surface area (Å²) >= 11 is 102. The summed E-state index contributed by atoms with van der Waals surface area (Å²) in [6.07, 6.45) is 7.62. The first-order chi connectivity index (χ1) is 49.9. The van der Waals surface area contributed by atoms with Crippen molar-refractivity contribution in [3.8, 4) is 0 Å². The van der Waals surface area contributed by atoms with Gasteiger partial charge in [-0.3, -0.25) is 0 Å². The van der Waals surface area contributed by atoms with Crippen molar-refractivity contribution in [1.82, 2.24) is 0 Å². The van der Waals surface area contributed by atoms with E-state index in [4.69, 9.17) is 284 Å². The number of halogens is 16. The van der Waals surface area contributed by atoms with Crippen LogP contribution in [0.5, 0.6) is 0 Å². The first kappa shape index (κ1) is 95.0. The van der Waals surface area contributed by atoms with Crippen molar-refractivity contribution >= 4 is 326 Å². The molecule has 12 heterocycles. The van der Waals surface area contributed by atoms with Crippen LogP contribution in [0.4, 0.5) is 0 Å². The number of hydrogen-bond acceptors (Lipinski definition) is 24. The Morgan fingerprint density at radius 2 is 0.144 bits per heavy atom. The molecule has 0 atom stereocenters. The van der Waals surface area contributed by atoms with Crippen LogP contribution in [0.2, 0.25) is 96.7 Å². The average Bonchev–Trinajstić information content (AvgIpc) is 0.694. The molecule has 104 heavy (non-hydrogen) atoms. The van der Waals surface area contributed by atoms with Crippen LogP contribution in [0.3, 0.4) is 0 Å². The molecule has 0 aromatic rings. The van der Waals surface area contributed by atoms with Crippen LogP contribution < -0.4 is 0 Å². The molecule has 0 radical (unpaired) electrons. The van der Waals surface area contributed by atoms with Crippen molar-refractivity contribution in [3.05, 3.63) is 0 Å². The standard InChI is InChI=1S/2C24H48Cl8O12Si8/c2*25-9-1-17-45-33-46(18-2-10-26)36-49(21-5-13-29)38-47(34-45,19-3-11-27)40-51(23-7-15-31)41-48(35-45,20-4-12-28)39-50(37-46,22-6-14-30)43-52(42-49,44-51)24-8-16-32/h2*1-24H2. The zero-order valence-corrected chi connectivity index (χ0v) is 85.9. The Bertz CT molecular complexity index is 1840. The van der Waals surface area contributed by atoms with E-state index in [2.05, 4.69) is 0 Å². The molecule has 0 aliphatic carbocycles. The summed E-state index contributed by atoms with van der Waals surface area (Å²) in [4.78, 5) is 0. The minimum absolute atomic E-state index is 0.281. The Morgan fingerprint density at radius 1 is 0.0962 bits per heavy atom. The minimum Gasteiger partial charge on any atom is -0.373 e. The second-order valence-electron chi connectivity index (χ2n) is 26.1. The second kappa shape index (κ2) is 42.8. The van der Waals surface area contributed by atoms with Gasteiger partial charge in [-0.1, -0.05) is 0 Å². The summed E-state index contributed by atoms with van der Waals surface area (Å²) in [7, 11) is -64.6. The summed E-state index contributed by atoms with van der Waals surface area (Å²) in [5.41, 5.74) is 0. The van der Waals surface area contributed by atoms with Crippen molar-refractivity contribution in [3.63, 3.8) is 0 Å². The molecule has 0 aromatic heterocycles. The van der Waals surface area contributed by atoms with E-state index in [1.165, 1.54) is 0 Å². The maximum Gasteiger partial charge on any atom is 0.478 e.